The van der Waals surface area contributed by atoms with Crippen LogP contribution in [-0.4, -0.2) is 36.3 Å². The Labute approximate surface area is 171 Å². The first-order valence-electron chi connectivity index (χ1n) is 10.0. The molecule has 3 rings (SSSR count). The minimum atomic E-state index is -0.0861. The summed E-state index contributed by atoms with van der Waals surface area (Å²) in [6.07, 6.45) is 2.39. The summed E-state index contributed by atoms with van der Waals surface area (Å²) in [5, 5.41) is 11.9. The molecular formula is C23H26N4O2. The number of nitrogens with one attached hydrogen (secondary N) is 1. The van der Waals surface area contributed by atoms with Gasteiger partial charge < -0.3 is 10.2 Å². The van der Waals surface area contributed by atoms with Gasteiger partial charge in [0, 0.05) is 30.9 Å². The van der Waals surface area contributed by atoms with Crippen molar-refractivity contribution in [3.05, 3.63) is 59.7 Å². The Morgan fingerprint density at radius 2 is 2.03 bits per heavy atom. The third-order valence-electron chi connectivity index (χ3n) is 4.91. The van der Waals surface area contributed by atoms with Crippen LogP contribution in [0.4, 0.5) is 11.4 Å². The zero-order valence-corrected chi connectivity index (χ0v) is 16.7. The molecule has 2 amide bonds. The molecule has 1 aliphatic heterocycles. The molecule has 0 spiro atoms. The maximum Gasteiger partial charge on any atom is 0.238 e. The number of nitriles is 1. The Balaban J connectivity index is 1.61. The quantitative estimate of drug-likeness (QED) is 0.748. The van der Waals surface area contributed by atoms with Crippen LogP contribution >= 0.6 is 0 Å². The normalized spacial score (nSPS) is 13.6. The zero-order valence-electron chi connectivity index (χ0n) is 16.7. The molecule has 0 atom stereocenters. The summed E-state index contributed by atoms with van der Waals surface area (Å²) in [4.78, 5) is 28.4. The van der Waals surface area contributed by atoms with Crippen molar-refractivity contribution in [2.24, 2.45) is 0 Å². The zero-order chi connectivity index (χ0) is 20.6. The van der Waals surface area contributed by atoms with Gasteiger partial charge in [-0.25, -0.2) is 0 Å². The van der Waals surface area contributed by atoms with Crippen molar-refractivity contribution in [2.45, 2.75) is 32.7 Å². The highest BCUT2D eigenvalue weighted by atomic mass is 16.2. The summed E-state index contributed by atoms with van der Waals surface area (Å²) in [6, 6.07) is 17.0. The first-order chi connectivity index (χ1) is 14.1. The lowest BCUT2D eigenvalue weighted by molar-refractivity contribution is -0.118. The van der Waals surface area contributed by atoms with Crippen molar-refractivity contribution in [3.63, 3.8) is 0 Å². The molecule has 0 bridgehead atoms. The van der Waals surface area contributed by atoms with E-state index in [1.165, 1.54) is 0 Å². The first-order valence-corrected chi connectivity index (χ1v) is 10.0. The highest BCUT2D eigenvalue weighted by molar-refractivity contribution is 5.97. The number of anilines is 2. The van der Waals surface area contributed by atoms with Crippen LogP contribution < -0.4 is 10.2 Å². The van der Waals surface area contributed by atoms with Gasteiger partial charge in [-0.15, -0.1) is 0 Å². The summed E-state index contributed by atoms with van der Waals surface area (Å²) >= 11 is 0. The Kier molecular flexibility index (Phi) is 6.99. The van der Waals surface area contributed by atoms with Gasteiger partial charge in [-0.05, 0) is 55.3 Å². The molecular weight excluding hydrogens is 364 g/mol. The van der Waals surface area contributed by atoms with E-state index in [4.69, 9.17) is 5.26 Å². The monoisotopic (exact) mass is 390 g/mol. The highest BCUT2D eigenvalue weighted by Crippen LogP contribution is 2.24. The number of hydrogen-bond acceptors (Lipinski definition) is 4. The van der Waals surface area contributed by atoms with Crippen molar-refractivity contribution in [1.82, 2.24) is 4.90 Å². The Bertz CT molecular complexity index is 902. The molecule has 2 aromatic rings. The third kappa shape index (κ3) is 5.66. The van der Waals surface area contributed by atoms with Crippen molar-refractivity contribution < 1.29 is 9.59 Å². The van der Waals surface area contributed by atoms with Crippen LogP contribution in [0.25, 0.3) is 0 Å². The van der Waals surface area contributed by atoms with E-state index in [2.05, 4.69) is 23.2 Å². The average molecular weight is 390 g/mol. The second-order valence-corrected chi connectivity index (χ2v) is 7.27. The van der Waals surface area contributed by atoms with Gasteiger partial charge in [0.25, 0.3) is 0 Å². The van der Waals surface area contributed by atoms with E-state index in [0.717, 1.165) is 37.2 Å². The number of nitrogens with zero attached hydrogens (tertiary/aromatic N) is 3. The third-order valence-corrected chi connectivity index (χ3v) is 4.91. The molecule has 0 aliphatic carbocycles. The number of hydrogen-bond donors (Lipinski definition) is 1. The molecule has 1 aliphatic rings. The fourth-order valence-electron chi connectivity index (χ4n) is 3.55. The fraction of sp³-hybridized carbons (Fsp3) is 0.348. The lowest BCUT2D eigenvalue weighted by Crippen LogP contribution is -2.33. The molecule has 1 N–H and O–H groups in total. The predicted molar refractivity (Wildman–Crippen MR) is 113 cm³/mol. The van der Waals surface area contributed by atoms with E-state index in [-0.39, 0.29) is 18.4 Å². The maximum atomic E-state index is 12.6. The molecule has 1 fully saturated rings. The number of rotatable bonds is 8. The maximum absolute atomic E-state index is 12.6. The largest absolute Gasteiger partial charge is 0.325 e. The molecule has 0 saturated carbocycles. The number of carbonyl (C=O) groups excluding carboxylic acids is 2. The van der Waals surface area contributed by atoms with Crippen LogP contribution in [0.1, 0.15) is 37.3 Å². The number of amides is 2. The Hall–Kier alpha value is -3.17. The summed E-state index contributed by atoms with van der Waals surface area (Å²) in [5.41, 5.74) is 3.22. The van der Waals surface area contributed by atoms with Crippen molar-refractivity contribution in [1.29, 1.82) is 5.26 Å². The molecule has 0 unspecified atom stereocenters. The number of carbonyl (C=O) groups is 2. The van der Waals surface area contributed by atoms with Crippen LogP contribution in [0.15, 0.2) is 48.5 Å². The molecule has 150 valence electrons. The minimum Gasteiger partial charge on any atom is -0.325 e. The van der Waals surface area contributed by atoms with Crippen LogP contribution in [0.5, 0.6) is 0 Å². The van der Waals surface area contributed by atoms with E-state index in [9.17, 15) is 9.59 Å². The molecule has 6 heteroatoms. The standard InChI is InChI=1S/C23H26N4O2/c1-2-12-26(16-19-10-8-18(15-24)9-11-19)17-22(28)25-20-5-3-6-21(14-20)27-13-4-7-23(27)29/h3,5-6,8-11,14H,2,4,7,12-13,16-17H2,1H3,(H,25,28). The van der Waals surface area contributed by atoms with Crippen LogP contribution in [-0.2, 0) is 16.1 Å². The van der Waals surface area contributed by atoms with Gasteiger partial charge in [0.05, 0.1) is 18.2 Å². The lowest BCUT2D eigenvalue weighted by atomic mass is 10.1. The topological polar surface area (TPSA) is 76.4 Å². The summed E-state index contributed by atoms with van der Waals surface area (Å²) in [7, 11) is 0. The van der Waals surface area contributed by atoms with Crippen LogP contribution in [0.3, 0.4) is 0 Å². The Morgan fingerprint density at radius 3 is 2.69 bits per heavy atom. The molecule has 1 heterocycles. The van der Waals surface area contributed by atoms with Gasteiger partial charge in [-0.2, -0.15) is 5.26 Å². The predicted octanol–water partition coefficient (Wildman–Crippen LogP) is 3.54. The van der Waals surface area contributed by atoms with Crippen molar-refractivity contribution in [3.8, 4) is 6.07 Å². The summed E-state index contributed by atoms with van der Waals surface area (Å²) < 4.78 is 0. The van der Waals surface area contributed by atoms with Gasteiger partial charge in [-0.3, -0.25) is 14.5 Å². The van der Waals surface area contributed by atoms with Gasteiger partial charge in [-0.1, -0.05) is 25.1 Å². The second-order valence-electron chi connectivity index (χ2n) is 7.27. The fourth-order valence-corrected chi connectivity index (χ4v) is 3.55. The minimum absolute atomic E-state index is 0.0861. The van der Waals surface area contributed by atoms with E-state index >= 15 is 0 Å². The van der Waals surface area contributed by atoms with Crippen molar-refractivity contribution >= 4 is 23.2 Å². The van der Waals surface area contributed by atoms with Gasteiger partial charge in [0.2, 0.25) is 11.8 Å². The molecule has 6 nitrogen and oxygen atoms in total. The van der Waals surface area contributed by atoms with E-state index in [1.54, 1.807) is 17.0 Å². The summed E-state index contributed by atoms with van der Waals surface area (Å²) in [6.45, 7) is 4.54. The second kappa shape index (κ2) is 9.85. The average Bonchev–Trinajstić information content (AvgIpc) is 3.15. The van der Waals surface area contributed by atoms with Gasteiger partial charge in [0.1, 0.15) is 0 Å². The molecule has 0 radical (unpaired) electrons. The van der Waals surface area contributed by atoms with Crippen LogP contribution in [0.2, 0.25) is 0 Å². The smallest absolute Gasteiger partial charge is 0.238 e. The first kappa shape index (κ1) is 20.6. The van der Waals surface area contributed by atoms with E-state index in [1.807, 2.05) is 36.4 Å². The Morgan fingerprint density at radius 1 is 1.24 bits per heavy atom. The number of benzene rings is 2. The van der Waals surface area contributed by atoms with Gasteiger partial charge >= 0.3 is 0 Å². The van der Waals surface area contributed by atoms with Crippen molar-refractivity contribution in [2.75, 3.05) is 29.9 Å². The molecule has 0 aromatic heterocycles. The SMILES string of the molecule is CCCN(CC(=O)Nc1cccc(N2CCCC2=O)c1)Cc1ccc(C#N)cc1. The van der Waals surface area contributed by atoms with E-state index < -0.39 is 0 Å². The van der Waals surface area contributed by atoms with Crippen LogP contribution in [0, 0.1) is 11.3 Å². The lowest BCUT2D eigenvalue weighted by Gasteiger charge is -2.22. The van der Waals surface area contributed by atoms with Gasteiger partial charge in [0.15, 0.2) is 0 Å². The highest BCUT2D eigenvalue weighted by Gasteiger charge is 2.22. The molecule has 29 heavy (non-hydrogen) atoms. The van der Waals surface area contributed by atoms with E-state index in [0.29, 0.717) is 24.2 Å². The molecule has 2 aromatic carbocycles. The molecule has 1 saturated heterocycles. The summed E-state index contributed by atoms with van der Waals surface area (Å²) in [5.74, 6) is 0.0435.